The Bertz CT molecular complexity index is 899. The average Bonchev–Trinajstić information content (AvgIpc) is 3.21. The van der Waals surface area contributed by atoms with Gasteiger partial charge in [-0.1, -0.05) is 18.9 Å². The Morgan fingerprint density at radius 2 is 2.29 bits per heavy atom. The Morgan fingerprint density at radius 3 is 3.08 bits per heavy atom. The number of nitriles is 1. The summed E-state index contributed by atoms with van der Waals surface area (Å²) in [6.45, 7) is 3.86. The third-order valence-electron chi connectivity index (χ3n) is 4.50. The number of nitrogens with zero attached hydrogens (tertiary/aromatic N) is 5. The van der Waals surface area contributed by atoms with E-state index in [2.05, 4.69) is 38.6 Å². The molecule has 3 aromatic rings. The Hall–Kier alpha value is -2.30. The van der Waals surface area contributed by atoms with E-state index >= 15 is 0 Å². The molecule has 122 valence electrons. The van der Waals surface area contributed by atoms with Gasteiger partial charge in [0.15, 0.2) is 0 Å². The van der Waals surface area contributed by atoms with Crippen LogP contribution in [0.3, 0.4) is 0 Å². The molecule has 0 aliphatic carbocycles. The molecule has 1 aliphatic rings. The smallest absolute Gasteiger partial charge is 0.137 e. The molecule has 1 saturated heterocycles. The number of hydrogen-bond acceptors (Lipinski definition) is 5. The quantitative estimate of drug-likeness (QED) is 0.724. The molecule has 0 aromatic carbocycles. The molecule has 0 bridgehead atoms. The van der Waals surface area contributed by atoms with Crippen LogP contribution in [0, 0.1) is 11.3 Å². The van der Waals surface area contributed by atoms with Gasteiger partial charge in [-0.25, -0.2) is 9.29 Å². The van der Waals surface area contributed by atoms with E-state index in [1.807, 2.05) is 41.2 Å². The van der Waals surface area contributed by atoms with Crippen LogP contribution in [0.5, 0.6) is 0 Å². The molecule has 6 nitrogen and oxygen atoms in total. The number of nitrogens with one attached hydrogen (secondary N) is 1. The van der Waals surface area contributed by atoms with Crippen molar-refractivity contribution in [3.63, 3.8) is 0 Å². The summed E-state index contributed by atoms with van der Waals surface area (Å²) in [5, 5.41) is 14.9. The Kier molecular flexibility index (Phi) is 3.79. The lowest BCUT2D eigenvalue weighted by Crippen LogP contribution is -2.60. The zero-order valence-electron chi connectivity index (χ0n) is 13.4. The molecule has 0 spiro atoms. The highest BCUT2D eigenvalue weighted by Crippen LogP contribution is 2.37. The van der Waals surface area contributed by atoms with E-state index in [-0.39, 0.29) is 5.54 Å². The number of aromatic nitrogens is 4. The first kappa shape index (κ1) is 15.2. The van der Waals surface area contributed by atoms with Gasteiger partial charge in [-0.05, 0) is 17.7 Å². The molecule has 4 rings (SSSR count). The SMILES string of the molecule is CCSN1CC(CC#N)(n2cc(-c3ccnc4[nH]ccc34)cn2)C1. The van der Waals surface area contributed by atoms with Crippen molar-refractivity contribution in [2.75, 3.05) is 18.8 Å². The number of fused-ring (bicyclic) bond motifs is 1. The van der Waals surface area contributed by atoms with Crippen LogP contribution in [-0.4, -0.2) is 42.9 Å². The first-order valence-corrected chi connectivity index (χ1v) is 8.92. The minimum Gasteiger partial charge on any atom is -0.346 e. The Morgan fingerprint density at radius 1 is 1.42 bits per heavy atom. The van der Waals surface area contributed by atoms with Gasteiger partial charge >= 0.3 is 0 Å². The van der Waals surface area contributed by atoms with E-state index in [9.17, 15) is 5.26 Å². The van der Waals surface area contributed by atoms with Gasteiger partial charge in [0.25, 0.3) is 0 Å². The van der Waals surface area contributed by atoms with Gasteiger partial charge in [-0.2, -0.15) is 10.4 Å². The summed E-state index contributed by atoms with van der Waals surface area (Å²) in [7, 11) is 0. The fourth-order valence-electron chi connectivity index (χ4n) is 3.30. The molecule has 3 aromatic heterocycles. The van der Waals surface area contributed by atoms with Crippen molar-refractivity contribution in [3.05, 3.63) is 36.9 Å². The lowest BCUT2D eigenvalue weighted by Gasteiger charge is -2.48. The molecule has 1 N–H and O–H groups in total. The number of H-pyrrole nitrogens is 1. The van der Waals surface area contributed by atoms with Gasteiger partial charge in [0.05, 0.1) is 18.7 Å². The normalized spacial score (nSPS) is 16.8. The van der Waals surface area contributed by atoms with Gasteiger partial charge in [0, 0.05) is 48.4 Å². The van der Waals surface area contributed by atoms with Crippen LogP contribution in [0.2, 0.25) is 0 Å². The monoisotopic (exact) mass is 338 g/mol. The summed E-state index contributed by atoms with van der Waals surface area (Å²) in [5.41, 5.74) is 2.83. The van der Waals surface area contributed by atoms with Crippen molar-refractivity contribution in [1.82, 2.24) is 24.1 Å². The Labute approximate surface area is 144 Å². The molecule has 1 aliphatic heterocycles. The molecule has 0 atom stereocenters. The predicted molar refractivity (Wildman–Crippen MR) is 95.2 cm³/mol. The first-order valence-electron chi connectivity index (χ1n) is 7.98. The lowest BCUT2D eigenvalue weighted by molar-refractivity contribution is 0.0812. The minimum atomic E-state index is -0.209. The predicted octanol–water partition coefficient (Wildman–Crippen LogP) is 3.02. The first-order chi connectivity index (χ1) is 11.8. The molecule has 24 heavy (non-hydrogen) atoms. The van der Waals surface area contributed by atoms with Crippen LogP contribution < -0.4 is 0 Å². The molecule has 0 unspecified atom stereocenters. The van der Waals surface area contributed by atoms with Crippen LogP contribution in [0.4, 0.5) is 0 Å². The van der Waals surface area contributed by atoms with E-state index in [0.717, 1.165) is 41.0 Å². The summed E-state index contributed by atoms with van der Waals surface area (Å²) in [6.07, 6.45) is 8.13. The number of hydrogen-bond donors (Lipinski definition) is 1. The van der Waals surface area contributed by atoms with Gasteiger partial charge in [-0.15, -0.1) is 0 Å². The van der Waals surface area contributed by atoms with Crippen LogP contribution in [-0.2, 0) is 5.54 Å². The van der Waals surface area contributed by atoms with E-state index in [1.165, 1.54) is 0 Å². The second kappa shape index (κ2) is 5.96. The molecule has 0 radical (unpaired) electrons. The fourth-order valence-corrected chi connectivity index (χ4v) is 4.33. The van der Waals surface area contributed by atoms with Crippen molar-refractivity contribution < 1.29 is 0 Å². The third-order valence-corrected chi connectivity index (χ3v) is 5.38. The second-order valence-corrected chi connectivity index (χ2v) is 7.40. The highest BCUT2D eigenvalue weighted by molar-refractivity contribution is 7.97. The zero-order chi connectivity index (χ0) is 16.6. The maximum Gasteiger partial charge on any atom is 0.137 e. The average molecular weight is 338 g/mol. The largest absolute Gasteiger partial charge is 0.346 e. The highest BCUT2D eigenvalue weighted by atomic mass is 32.2. The third kappa shape index (κ3) is 2.39. The zero-order valence-corrected chi connectivity index (χ0v) is 14.3. The van der Waals surface area contributed by atoms with Crippen LogP contribution in [0.15, 0.2) is 36.9 Å². The maximum atomic E-state index is 9.25. The molecule has 7 heteroatoms. The van der Waals surface area contributed by atoms with Crippen molar-refractivity contribution in [2.45, 2.75) is 18.9 Å². The topological polar surface area (TPSA) is 73.5 Å². The minimum absolute atomic E-state index is 0.209. The van der Waals surface area contributed by atoms with Crippen molar-refractivity contribution in [2.24, 2.45) is 0 Å². The van der Waals surface area contributed by atoms with E-state index in [1.54, 1.807) is 6.20 Å². The van der Waals surface area contributed by atoms with Gasteiger partial charge < -0.3 is 4.98 Å². The maximum absolute atomic E-state index is 9.25. The van der Waals surface area contributed by atoms with Gasteiger partial charge in [0.2, 0.25) is 0 Å². The van der Waals surface area contributed by atoms with Gasteiger partial charge in [0.1, 0.15) is 11.2 Å². The molecule has 4 heterocycles. The van der Waals surface area contributed by atoms with E-state index < -0.39 is 0 Å². The van der Waals surface area contributed by atoms with Crippen LogP contribution >= 0.6 is 11.9 Å². The molecular weight excluding hydrogens is 320 g/mol. The van der Waals surface area contributed by atoms with E-state index in [4.69, 9.17) is 0 Å². The van der Waals surface area contributed by atoms with Crippen LogP contribution in [0.25, 0.3) is 22.2 Å². The van der Waals surface area contributed by atoms with E-state index in [0.29, 0.717) is 6.42 Å². The Balaban J connectivity index is 1.67. The molecular formula is C17H18N6S. The number of pyridine rings is 1. The van der Waals surface area contributed by atoms with Crippen molar-refractivity contribution >= 4 is 23.0 Å². The molecule has 0 saturated carbocycles. The number of aromatic amines is 1. The van der Waals surface area contributed by atoms with Crippen LogP contribution in [0.1, 0.15) is 13.3 Å². The highest BCUT2D eigenvalue weighted by Gasteiger charge is 2.45. The molecule has 0 amide bonds. The van der Waals surface area contributed by atoms with Crippen molar-refractivity contribution in [1.29, 1.82) is 5.26 Å². The summed E-state index contributed by atoms with van der Waals surface area (Å²) < 4.78 is 4.28. The summed E-state index contributed by atoms with van der Waals surface area (Å²) >= 11 is 1.82. The standard InChI is InChI=1S/C17H18N6S/c1-2-24-22-11-17(12-22,5-6-18)23-10-13(9-21-23)14-3-7-19-16-15(14)4-8-20-16/h3-4,7-10H,2,5,11-12H2,1H3,(H,19,20). The number of rotatable bonds is 5. The summed E-state index contributed by atoms with van der Waals surface area (Å²) in [4.78, 5) is 7.47. The fraction of sp³-hybridized carbons (Fsp3) is 0.353. The summed E-state index contributed by atoms with van der Waals surface area (Å²) in [6, 6.07) is 6.37. The summed E-state index contributed by atoms with van der Waals surface area (Å²) in [5.74, 6) is 1.05. The van der Waals surface area contributed by atoms with Gasteiger partial charge in [-0.3, -0.25) is 4.68 Å². The lowest BCUT2D eigenvalue weighted by atomic mass is 9.89. The molecule has 1 fully saturated rings. The van der Waals surface area contributed by atoms with Crippen molar-refractivity contribution in [3.8, 4) is 17.2 Å². The second-order valence-electron chi connectivity index (χ2n) is 6.05.